The summed E-state index contributed by atoms with van der Waals surface area (Å²) >= 11 is 0. The van der Waals surface area contributed by atoms with Gasteiger partial charge in [0.15, 0.2) is 17.3 Å². The summed E-state index contributed by atoms with van der Waals surface area (Å²) in [7, 11) is 1.52. The van der Waals surface area contributed by atoms with E-state index in [0.717, 1.165) is 0 Å². The number of carbonyl (C=O) groups is 2. The largest absolute Gasteiger partial charge is 0.586 e. The van der Waals surface area contributed by atoms with Crippen LogP contribution in [0.15, 0.2) is 42.6 Å². The fourth-order valence-electron chi connectivity index (χ4n) is 5.30. The van der Waals surface area contributed by atoms with E-state index >= 15 is 0 Å². The number of pyridine rings is 1. The highest BCUT2D eigenvalue weighted by molar-refractivity contribution is 5.93. The predicted octanol–water partition coefficient (Wildman–Crippen LogP) is 4.41. The van der Waals surface area contributed by atoms with Crippen molar-refractivity contribution in [3.05, 3.63) is 70.5 Å². The number of rotatable bonds is 5. The molecule has 6 rings (SSSR count). The average Bonchev–Trinajstić information content (AvgIpc) is 3.41. The van der Waals surface area contributed by atoms with Crippen molar-refractivity contribution >= 4 is 11.7 Å². The van der Waals surface area contributed by atoms with E-state index in [1.807, 2.05) is 0 Å². The lowest BCUT2D eigenvalue weighted by atomic mass is 9.78. The van der Waals surface area contributed by atoms with Gasteiger partial charge in [0, 0.05) is 46.9 Å². The highest BCUT2D eigenvalue weighted by Gasteiger charge is 2.52. The lowest BCUT2D eigenvalue weighted by Gasteiger charge is -2.33. The molecule has 39 heavy (non-hydrogen) atoms. The summed E-state index contributed by atoms with van der Waals surface area (Å²) in [6, 6.07) is 9.89. The SMILES string of the molecule is COc1ccc2c(c1)O[C@@H](c1ccc(C(C)=O)cn1)C[C@H]2c1c2c(cc3c1OCC3(C)C(N)=O)OC(F)(F)O2. The molecule has 0 radical (unpaired) electrons. The first-order chi connectivity index (χ1) is 18.5. The Morgan fingerprint density at radius 2 is 1.90 bits per heavy atom. The van der Waals surface area contributed by atoms with Crippen LogP contribution in [0, 0.1) is 0 Å². The quantitative estimate of drug-likeness (QED) is 0.475. The minimum atomic E-state index is -3.91. The van der Waals surface area contributed by atoms with Gasteiger partial charge in [-0.05, 0) is 38.1 Å². The highest BCUT2D eigenvalue weighted by atomic mass is 19.3. The van der Waals surface area contributed by atoms with Crippen LogP contribution in [0.1, 0.15) is 65.0 Å². The molecule has 1 amide bonds. The molecule has 1 unspecified atom stereocenters. The van der Waals surface area contributed by atoms with Crippen LogP contribution in [0.4, 0.5) is 8.78 Å². The first-order valence-corrected chi connectivity index (χ1v) is 12.2. The molecule has 0 saturated heterocycles. The molecule has 0 spiro atoms. The van der Waals surface area contributed by atoms with Crippen molar-refractivity contribution in [1.29, 1.82) is 0 Å². The van der Waals surface area contributed by atoms with Crippen molar-refractivity contribution in [3.8, 4) is 28.7 Å². The van der Waals surface area contributed by atoms with Gasteiger partial charge in [-0.3, -0.25) is 14.6 Å². The van der Waals surface area contributed by atoms with Crippen LogP contribution in [0.2, 0.25) is 0 Å². The van der Waals surface area contributed by atoms with Gasteiger partial charge in [0.1, 0.15) is 35.4 Å². The van der Waals surface area contributed by atoms with E-state index in [0.29, 0.717) is 39.4 Å². The molecule has 9 nitrogen and oxygen atoms in total. The van der Waals surface area contributed by atoms with Crippen molar-refractivity contribution in [3.63, 3.8) is 0 Å². The lowest BCUT2D eigenvalue weighted by molar-refractivity contribution is -0.287. The maximum Gasteiger partial charge on any atom is 0.586 e. The number of aromatic nitrogens is 1. The second-order valence-corrected chi connectivity index (χ2v) is 9.97. The van der Waals surface area contributed by atoms with Crippen LogP contribution in [0.25, 0.3) is 0 Å². The number of methoxy groups -OCH3 is 1. The molecule has 3 aromatic rings. The minimum absolute atomic E-state index is 0.0693. The molecule has 2 N–H and O–H groups in total. The summed E-state index contributed by atoms with van der Waals surface area (Å²) in [6.45, 7) is 2.97. The Bertz CT molecular complexity index is 1530. The Morgan fingerprint density at radius 1 is 1.10 bits per heavy atom. The van der Waals surface area contributed by atoms with E-state index in [9.17, 15) is 18.4 Å². The van der Waals surface area contributed by atoms with Crippen LogP contribution in [0.3, 0.4) is 0 Å². The third-order valence-electron chi connectivity index (χ3n) is 7.51. The third-order valence-corrected chi connectivity index (χ3v) is 7.51. The van der Waals surface area contributed by atoms with E-state index in [1.165, 1.54) is 26.3 Å². The number of nitrogens with two attached hydrogens (primary N) is 1. The summed E-state index contributed by atoms with van der Waals surface area (Å²) in [5, 5.41) is 0. The molecule has 202 valence electrons. The zero-order valence-corrected chi connectivity index (χ0v) is 21.2. The van der Waals surface area contributed by atoms with Gasteiger partial charge in [0.25, 0.3) is 0 Å². The highest BCUT2D eigenvalue weighted by Crippen LogP contribution is 2.59. The molecular weight excluding hydrogens is 514 g/mol. The molecule has 4 heterocycles. The maximum absolute atomic E-state index is 14.4. The number of Topliss-reactive ketones (excluding diaryl/α,β-unsaturated/α-hetero) is 1. The zero-order valence-electron chi connectivity index (χ0n) is 21.2. The summed E-state index contributed by atoms with van der Waals surface area (Å²) in [6.07, 6.45) is -2.82. The van der Waals surface area contributed by atoms with Crippen LogP contribution >= 0.6 is 0 Å². The summed E-state index contributed by atoms with van der Waals surface area (Å²) in [5.41, 5.74) is 6.72. The van der Waals surface area contributed by atoms with E-state index in [4.69, 9.17) is 29.4 Å². The van der Waals surface area contributed by atoms with Gasteiger partial charge in [-0.15, -0.1) is 8.78 Å². The number of amides is 1. The Balaban J connectivity index is 1.55. The summed E-state index contributed by atoms with van der Waals surface area (Å²) < 4.78 is 56.3. The molecule has 11 heteroatoms. The van der Waals surface area contributed by atoms with Gasteiger partial charge in [-0.25, -0.2) is 0 Å². The number of primary amides is 1. The zero-order chi connectivity index (χ0) is 27.7. The second-order valence-electron chi connectivity index (χ2n) is 9.97. The van der Waals surface area contributed by atoms with Gasteiger partial charge in [0.05, 0.1) is 12.8 Å². The molecule has 0 aliphatic carbocycles. The monoisotopic (exact) mass is 538 g/mol. The normalized spacial score (nSPS) is 23.7. The fourth-order valence-corrected chi connectivity index (χ4v) is 5.30. The third kappa shape index (κ3) is 3.91. The van der Waals surface area contributed by atoms with E-state index in [1.54, 1.807) is 37.3 Å². The van der Waals surface area contributed by atoms with Crippen molar-refractivity contribution in [2.45, 2.75) is 44.0 Å². The molecule has 2 aromatic carbocycles. The standard InChI is InChI=1S/C28H24F2N2O7/c1-13(33)14-4-7-19(32-11-14)21-9-17(16-6-5-15(35-3)8-20(16)37-21)23-24-18(27(2,12-36-24)26(31)34)10-22-25(23)39-28(29,30)38-22/h4-8,10-11,17,21H,9,12H2,1-3H3,(H2,31,34)/t17-,21-,27?/m1/s1. The predicted molar refractivity (Wildman–Crippen MR) is 132 cm³/mol. The number of halogens is 2. The average molecular weight is 539 g/mol. The van der Waals surface area contributed by atoms with Crippen molar-refractivity contribution in [1.82, 2.24) is 4.98 Å². The van der Waals surface area contributed by atoms with Crippen LogP contribution < -0.4 is 29.4 Å². The summed E-state index contributed by atoms with van der Waals surface area (Å²) in [5.74, 6) is -0.578. The molecule has 0 fully saturated rings. The number of nitrogens with zero attached hydrogens (tertiary/aromatic N) is 1. The Kier molecular flexibility index (Phi) is 5.46. The first kappa shape index (κ1) is 24.9. The number of benzene rings is 2. The maximum atomic E-state index is 14.4. The van der Waals surface area contributed by atoms with E-state index in [2.05, 4.69) is 4.98 Å². The number of hydrogen-bond acceptors (Lipinski definition) is 8. The van der Waals surface area contributed by atoms with Crippen LogP contribution in [-0.2, 0) is 10.2 Å². The molecule has 0 bridgehead atoms. The van der Waals surface area contributed by atoms with Crippen molar-refractivity contribution in [2.24, 2.45) is 5.73 Å². The van der Waals surface area contributed by atoms with E-state index in [-0.39, 0.29) is 36.1 Å². The Hall–Kier alpha value is -4.41. The lowest BCUT2D eigenvalue weighted by Crippen LogP contribution is -2.39. The van der Waals surface area contributed by atoms with Crippen molar-refractivity contribution < 1.29 is 42.1 Å². The number of ether oxygens (including phenoxy) is 5. The molecule has 3 aliphatic heterocycles. The topological polar surface area (TPSA) is 119 Å². The second kappa shape index (κ2) is 8.55. The molecule has 3 aliphatic rings. The minimum Gasteiger partial charge on any atom is -0.497 e. The first-order valence-electron chi connectivity index (χ1n) is 12.2. The Labute approximate surface area is 221 Å². The molecular formula is C28H24F2N2O7. The van der Waals surface area contributed by atoms with Crippen LogP contribution in [0.5, 0.6) is 28.7 Å². The number of ketones is 1. The van der Waals surface area contributed by atoms with Gasteiger partial charge in [-0.2, -0.15) is 0 Å². The van der Waals surface area contributed by atoms with Gasteiger partial charge in [-0.1, -0.05) is 6.07 Å². The fraction of sp³-hybridized carbons (Fsp3) is 0.321. The number of fused-ring (bicyclic) bond motifs is 3. The van der Waals surface area contributed by atoms with Gasteiger partial charge < -0.3 is 29.4 Å². The van der Waals surface area contributed by atoms with E-state index < -0.39 is 29.6 Å². The number of carbonyl (C=O) groups excluding carboxylic acids is 2. The molecule has 3 atom stereocenters. The van der Waals surface area contributed by atoms with Gasteiger partial charge in [0.2, 0.25) is 5.91 Å². The number of alkyl halides is 2. The molecule has 1 aromatic heterocycles. The molecule has 0 saturated carbocycles. The van der Waals surface area contributed by atoms with Crippen LogP contribution in [-0.4, -0.2) is 36.7 Å². The summed E-state index contributed by atoms with van der Waals surface area (Å²) in [4.78, 5) is 28.6. The number of hydrogen-bond donors (Lipinski definition) is 1. The van der Waals surface area contributed by atoms with Crippen molar-refractivity contribution in [2.75, 3.05) is 13.7 Å². The van der Waals surface area contributed by atoms with Gasteiger partial charge >= 0.3 is 6.29 Å². The smallest absolute Gasteiger partial charge is 0.497 e. The Morgan fingerprint density at radius 3 is 2.56 bits per heavy atom.